The molecule has 8 heteroatoms. The maximum Gasteiger partial charge on any atom is 0.272 e. The number of hydrogen-bond acceptors (Lipinski definition) is 5. The molecule has 6 nitrogen and oxygen atoms in total. The third-order valence-electron chi connectivity index (χ3n) is 4.41. The number of amides is 1. The Labute approximate surface area is 154 Å². The highest BCUT2D eigenvalue weighted by molar-refractivity contribution is 7.15. The van der Waals surface area contributed by atoms with Gasteiger partial charge in [0.25, 0.3) is 5.91 Å². The Kier molecular flexibility index (Phi) is 4.96. The van der Waals surface area contributed by atoms with Gasteiger partial charge in [-0.2, -0.15) is 0 Å². The average Bonchev–Trinajstić information content (AvgIpc) is 3.24. The van der Waals surface area contributed by atoms with Crippen molar-refractivity contribution in [3.05, 3.63) is 47.4 Å². The second-order valence-electron chi connectivity index (χ2n) is 6.08. The minimum atomic E-state index is -0.309. The number of aromatic nitrogens is 2. The molecule has 4 rings (SSSR count). The van der Waals surface area contributed by atoms with Crippen molar-refractivity contribution in [2.75, 3.05) is 39.4 Å². The van der Waals surface area contributed by atoms with Gasteiger partial charge in [-0.05, 0) is 24.3 Å². The minimum Gasteiger partial charge on any atom is -0.379 e. The van der Waals surface area contributed by atoms with E-state index in [1.54, 1.807) is 12.1 Å². The van der Waals surface area contributed by atoms with Crippen molar-refractivity contribution < 1.29 is 13.9 Å². The number of rotatable bonds is 5. The number of thiazole rings is 1. The number of nitrogens with zero attached hydrogens (tertiary/aromatic N) is 3. The zero-order valence-corrected chi connectivity index (χ0v) is 15.0. The molecule has 1 N–H and O–H groups in total. The summed E-state index contributed by atoms with van der Waals surface area (Å²) in [5.41, 5.74) is 1.81. The second kappa shape index (κ2) is 7.53. The lowest BCUT2D eigenvalue weighted by Crippen LogP contribution is -2.41. The first-order valence-corrected chi connectivity index (χ1v) is 9.40. The number of morpholine rings is 1. The number of ether oxygens (including phenoxy) is 1. The number of hydrogen-bond donors (Lipinski definition) is 1. The summed E-state index contributed by atoms with van der Waals surface area (Å²) < 4.78 is 20.5. The van der Waals surface area contributed by atoms with Gasteiger partial charge in [0.05, 0.1) is 18.9 Å². The first-order chi connectivity index (χ1) is 12.7. The molecule has 3 heterocycles. The molecule has 0 saturated carbocycles. The average molecular weight is 374 g/mol. The number of carbonyl (C=O) groups is 1. The van der Waals surface area contributed by atoms with Gasteiger partial charge < -0.3 is 10.1 Å². The van der Waals surface area contributed by atoms with E-state index in [1.807, 2.05) is 16.0 Å². The Morgan fingerprint density at radius 3 is 2.81 bits per heavy atom. The van der Waals surface area contributed by atoms with Crippen LogP contribution in [-0.2, 0) is 4.74 Å². The van der Waals surface area contributed by atoms with Crippen LogP contribution >= 0.6 is 11.3 Å². The molecule has 1 aliphatic rings. The van der Waals surface area contributed by atoms with Gasteiger partial charge >= 0.3 is 0 Å². The van der Waals surface area contributed by atoms with Crippen molar-refractivity contribution in [1.29, 1.82) is 0 Å². The Balaban J connectivity index is 1.53. The van der Waals surface area contributed by atoms with E-state index in [0.717, 1.165) is 43.4 Å². The molecule has 0 bridgehead atoms. The molecule has 1 aliphatic heterocycles. The summed E-state index contributed by atoms with van der Waals surface area (Å²) in [6.45, 7) is 4.57. The molecule has 26 heavy (non-hydrogen) atoms. The molecule has 0 atom stereocenters. The zero-order valence-electron chi connectivity index (χ0n) is 14.2. The summed E-state index contributed by atoms with van der Waals surface area (Å²) in [5.74, 6) is -0.523. The molecular weight excluding hydrogens is 355 g/mol. The van der Waals surface area contributed by atoms with Crippen molar-refractivity contribution in [3.8, 4) is 11.3 Å². The molecule has 0 aliphatic carbocycles. The fourth-order valence-electron chi connectivity index (χ4n) is 3.06. The monoisotopic (exact) mass is 374 g/mol. The fourth-order valence-corrected chi connectivity index (χ4v) is 3.78. The van der Waals surface area contributed by atoms with Crippen LogP contribution in [0.1, 0.15) is 10.5 Å². The van der Waals surface area contributed by atoms with Crippen LogP contribution in [0.4, 0.5) is 4.39 Å². The van der Waals surface area contributed by atoms with Crippen LogP contribution in [0.25, 0.3) is 16.2 Å². The number of fused-ring (bicyclic) bond motifs is 1. The van der Waals surface area contributed by atoms with Gasteiger partial charge in [-0.1, -0.05) is 0 Å². The van der Waals surface area contributed by atoms with Gasteiger partial charge in [-0.3, -0.25) is 14.1 Å². The Hall–Kier alpha value is -2.29. The molecule has 0 radical (unpaired) electrons. The van der Waals surface area contributed by atoms with Gasteiger partial charge in [0.1, 0.15) is 5.82 Å². The lowest BCUT2D eigenvalue weighted by molar-refractivity contribution is 0.0383. The standard InChI is InChI=1S/C18H19FN4O2S/c19-14-3-1-13(2-4-14)16-15(21-18-23(16)9-12-26-18)17(24)20-5-6-22-7-10-25-11-8-22/h1-4,9,12H,5-8,10-11H2,(H,20,24). The SMILES string of the molecule is O=C(NCCN1CCOCC1)c1nc2sccn2c1-c1ccc(F)cc1. The molecule has 1 fully saturated rings. The highest BCUT2D eigenvalue weighted by Crippen LogP contribution is 2.27. The van der Waals surface area contributed by atoms with Crippen LogP contribution in [0.2, 0.25) is 0 Å². The molecule has 3 aromatic rings. The zero-order chi connectivity index (χ0) is 17.9. The van der Waals surface area contributed by atoms with Crippen LogP contribution in [0.5, 0.6) is 0 Å². The van der Waals surface area contributed by atoms with Crippen molar-refractivity contribution in [3.63, 3.8) is 0 Å². The molecule has 1 saturated heterocycles. The maximum atomic E-state index is 13.3. The topological polar surface area (TPSA) is 58.9 Å². The Morgan fingerprint density at radius 2 is 2.04 bits per heavy atom. The predicted molar refractivity (Wildman–Crippen MR) is 98.1 cm³/mol. The minimum absolute atomic E-state index is 0.214. The van der Waals surface area contributed by atoms with Crippen molar-refractivity contribution in [2.24, 2.45) is 0 Å². The van der Waals surface area contributed by atoms with Gasteiger partial charge in [0.2, 0.25) is 0 Å². The Bertz CT molecular complexity index is 900. The third-order valence-corrected chi connectivity index (χ3v) is 5.17. The van der Waals surface area contributed by atoms with E-state index in [-0.39, 0.29) is 11.7 Å². The normalized spacial score (nSPS) is 15.4. The molecule has 0 spiro atoms. The molecule has 1 amide bonds. The van der Waals surface area contributed by atoms with E-state index < -0.39 is 0 Å². The number of nitrogens with one attached hydrogen (secondary N) is 1. The molecule has 0 unspecified atom stereocenters. The van der Waals surface area contributed by atoms with Gasteiger partial charge in [0, 0.05) is 43.3 Å². The van der Waals surface area contributed by atoms with Crippen LogP contribution in [0.3, 0.4) is 0 Å². The third kappa shape index (κ3) is 3.48. The Morgan fingerprint density at radius 1 is 1.27 bits per heavy atom. The molecule has 136 valence electrons. The summed E-state index contributed by atoms with van der Waals surface area (Å²) >= 11 is 1.46. The quantitative estimate of drug-likeness (QED) is 0.744. The van der Waals surface area contributed by atoms with Crippen LogP contribution < -0.4 is 5.32 Å². The van der Waals surface area contributed by atoms with E-state index in [1.165, 1.54) is 23.5 Å². The van der Waals surface area contributed by atoms with Crippen LogP contribution in [0.15, 0.2) is 35.8 Å². The van der Waals surface area contributed by atoms with E-state index in [2.05, 4.69) is 15.2 Å². The van der Waals surface area contributed by atoms with E-state index in [0.29, 0.717) is 17.9 Å². The first-order valence-electron chi connectivity index (χ1n) is 8.52. The van der Waals surface area contributed by atoms with Crippen molar-refractivity contribution >= 4 is 22.2 Å². The second-order valence-corrected chi connectivity index (χ2v) is 6.95. The lowest BCUT2D eigenvalue weighted by atomic mass is 10.1. The summed E-state index contributed by atoms with van der Waals surface area (Å²) in [4.78, 5) is 20.2. The number of carbonyl (C=O) groups excluding carboxylic acids is 1. The van der Waals surface area contributed by atoms with Crippen LogP contribution in [-0.4, -0.2) is 59.6 Å². The largest absolute Gasteiger partial charge is 0.379 e. The smallest absolute Gasteiger partial charge is 0.272 e. The van der Waals surface area contributed by atoms with E-state index >= 15 is 0 Å². The maximum absolute atomic E-state index is 13.3. The van der Waals surface area contributed by atoms with Crippen LogP contribution in [0, 0.1) is 5.82 Å². The van der Waals surface area contributed by atoms with Crippen molar-refractivity contribution in [1.82, 2.24) is 19.6 Å². The molecule has 2 aromatic heterocycles. The highest BCUT2D eigenvalue weighted by Gasteiger charge is 2.21. The number of imidazole rings is 1. The van der Waals surface area contributed by atoms with Gasteiger partial charge in [-0.15, -0.1) is 11.3 Å². The summed E-state index contributed by atoms with van der Waals surface area (Å²) in [6, 6.07) is 6.12. The summed E-state index contributed by atoms with van der Waals surface area (Å²) in [6.07, 6.45) is 1.87. The summed E-state index contributed by atoms with van der Waals surface area (Å²) in [5, 5.41) is 4.86. The van der Waals surface area contributed by atoms with Crippen molar-refractivity contribution in [2.45, 2.75) is 0 Å². The molecule has 1 aromatic carbocycles. The number of benzene rings is 1. The summed E-state index contributed by atoms with van der Waals surface area (Å²) in [7, 11) is 0. The van der Waals surface area contributed by atoms with E-state index in [9.17, 15) is 9.18 Å². The fraction of sp³-hybridized carbons (Fsp3) is 0.333. The first kappa shape index (κ1) is 17.1. The lowest BCUT2D eigenvalue weighted by Gasteiger charge is -2.26. The number of halogens is 1. The van der Waals surface area contributed by atoms with E-state index in [4.69, 9.17) is 4.74 Å². The highest BCUT2D eigenvalue weighted by atomic mass is 32.1. The molecular formula is C18H19FN4O2S. The predicted octanol–water partition coefficient (Wildman–Crippen LogP) is 2.26. The van der Waals surface area contributed by atoms with Gasteiger partial charge in [0.15, 0.2) is 10.7 Å². The van der Waals surface area contributed by atoms with Gasteiger partial charge in [-0.25, -0.2) is 9.37 Å².